The number of carbonyl (C=O) groups excluding carboxylic acids is 1. The highest BCUT2D eigenvalue weighted by atomic mass is 32.2. The number of hydrogen-bond donors (Lipinski definition) is 2. The molecule has 0 saturated heterocycles. The Labute approximate surface area is 169 Å². The second kappa shape index (κ2) is 9.29. The van der Waals surface area contributed by atoms with Crippen molar-refractivity contribution in [2.24, 2.45) is 11.8 Å². The molecule has 2 fully saturated rings. The van der Waals surface area contributed by atoms with Crippen LogP contribution in [-0.4, -0.2) is 25.6 Å². The van der Waals surface area contributed by atoms with Crippen LogP contribution in [0.1, 0.15) is 82.0 Å². The first-order valence-electron chi connectivity index (χ1n) is 10.8. The zero-order valence-electron chi connectivity index (χ0n) is 17.1. The molecule has 2 aliphatic rings. The highest BCUT2D eigenvalue weighted by molar-refractivity contribution is 7.93. The summed E-state index contributed by atoms with van der Waals surface area (Å²) >= 11 is 0. The number of nitrogens with one attached hydrogen (secondary N) is 2. The molecular formula is C22H34N2O3S. The van der Waals surface area contributed by atoms with Gasteiger partial charge in [0, 0.05) is 17.3 Å². The van der Waals surface area contributed by atoms with Crippen LogP contribution in [-0.2, 0) is 10.0 Å². The molecule has 156 valence electrons. The van der Waals surface area contributed by atoms with Crippen LogP contribution in [0, 0.1) is 11.8 Å². The molecule has 2 unspecified atom stereocenters. The molecule has 2 atom stereocenters. The van der Waals surface area contributed by atoms with Crippen molar-refractivity contribution >= 4 is 21.6 Å². The van der Waals surface area contributed by atoms with E-state index in [0.717, 1.165) is 12.3 Å². The normalized spacial score (nSPS) is 24.1. The highest BCUT2D eigenvalue weighted by Crippen LogP contribution is 2.38. The van der Waals surface area contributed by atoms with Crippen molar-refractivity contribution < 1.29 is 13.2 Å². The van der Waals surface area contributed by atoms with Gasteiger partial charge >= 0.3 is 0 Å². The van der Waals surface area contributed by atoms with Gasteiger partial charge in [0.05, 0.1) is 5.25 Å². The fourth-order valence-corrected chi connectivity index (χ4v) is 5.39. The molecule has 2 N–H and O–H groups in total. The Balaban J connectivity index is 1.63. The molecule has 2 saturated carbocycles. The molecule has 6 heteroatoms. The maximum Gasteiger partial charge on any atom is 0.251 e. The Morgan fingerprint density at radius 1 is 0.929 bits per heavy atom. The summed E-state index contributed by atoms with van der Waals surface area (Å²) in [5.41, 5.74) is 1.07. The zero-order chi connectivity index (χ0) is 20.1. The lowest BCUT2D eigenvalue weighted by molar-refractivity contribution is 0.0859. The minimum Gasteiger partial charge on any atom is -0.349 e. The van der Waals surface area contributed by atoms with Crippen molar-refractivity contribution in [1.29, 1.82) is 0 Å². The maximum absolute atomic E-state index is 12.8. The fraction of sp³-hybridized carbons (Fsp3) is 0.682. The molecule has 1 aromatic rings. The van der Waals surface area contributed by atoms with Gasteiger partial charge < -0.3 is 5.32 Å². The highest BCUT2D eigenvalue weighted by Gasteiger charge is 2.33. The number of benzene rings is 1. The van der Waals surface area contributed by atoms with Gasteiger partial charge in [-0.25, -0.2) is 8.42 Å². The molecule has 5 nitrogen and oxygen atoms in total. The topological polar surface area (TPSA) is 75.3 Å². The molecule has 1 aromatic carbocycles. The standard InChI is InChI=1S/C22H34N2O3S/c1-16(2)28(26,27)24-19-14-12-18(13-15-19)22(25)23-21-11-7-6-10-20(21)17-8-4-3-5-9-17/h12-17,20-21,24H,3-11H2,1-2H3,(H,23,25). The van der Waals surface area contributed by atoms with E-state index < -0.39 is 15.3 Å². The van der Waals surface area contributed by atoms with Crippen molar-refractivity contribution in [3.8, 4) is 0 Å². The van der Waals surface area contributed by atoms with Gasteiger partial charge in [0.15, 0.2) is 0 Å². The van der Waals surface area contributed by atoms with Gasteiger partial charge in [-0.1, -0.05) is 44.9 Å². The lowest BCUT2D eigenvalue weighted by Gasteiger charge is -2.39. The van der Waals surface area contributed by atoms with Gasteiger partial charge in [-0.2, -0.15) is 0 Å². The van der Waals surface area contributed by atoms with E-state index in [9.17, 15) is 13.2 Å². The SMILES string of the molecule is CC(C)S(=O)(=O)Nc1ccc(C(=O)NC2CCCCC2C2CCCCC2)cc1. The average Bonchev–Trinajstić information content (AvgIpc) is 2.69. The molecular weight excluding hydrogens is 372 g/mol. The summed E-state index contributed by atoms with van der Waals surface area (Å²) in [5.74, 6) is 1.31. The van der Waals surface area contributed by atoms with Crippen LogP contribution < -0.4 is 10.0 Å². The van der Waals surface area contributed by atoms with E-state index in [1.807, 2.05) is 0 Å². The van der Waals surface area contributed by atoms with Crippen molar-refractivity contribution in [3.05, 3.63) is 29.8 Å². The molecule has 0 spiro atoms. The largest absolute Gasteiger partial charge is 0.349 e. The first kappa shape index (κ1) is 21.2. The molecule has 0 heterocycles. The monoisotopic (exact) mass is 406 g/mol. The predicted octanol–water partition coefficient (Wildman–Crippen LogP) is 4.71. The summed E-state index contributed by atoms with van der Waals surface area (Å²) in [6, 6.07) is 6.99. The van der Waals surface area contributed by atoms with Crippen LogP contribution in [0.3, 0.4) is 0 Å². The number of carbonyl (C=O) groups is 1. The van der Waals surface area contributed by atoms with Gasteiger partial charge in [0.25, 0.3) is 5.91 Å². The van der Waals surface area contributed by atoms with Crippen LogP contribution in [0.4, 0.5) is 5.69 Å². The van der Waals surface area contributed by atoms with Crippen molar-refractivity contribution in [2.45, 2.75) is 82.9 Å². The van der Waals surface area contributed by atoms with Crippen LogP contribution in [0.2, 0.25) is 0 Å². The molecule has 3 rings (SSSR count). The summed E-state index contributed by atoms with van der Waals surface area (Å²) in [4.78, 5) is 12.8. The van der Waals surface area contributed by atoms with Gasteiger partial charge in [-0.15, -0.1) is 0 Å². The number of hydrogen-bond acceptors (Lipinski definition) is 3. The van der Waals surface area contributed by atoms with Crippen LogP contribution in [0.5, 0.6) is 0 Å². The van der Waals surface area contributed by atoms with E-state index in [-0.39, 0.29) is 11.9 Å². The zero-order valence-corrected chi connectivity index (χ0v) is 17.9. The number of sulfonamides is 1. The summed E-state index contributed by atoms with van der Waals surface area (Å²) in [7, 11) is -3.38. The van der Waals surface area contributed by atoms with E-state index in [2.05, 4.69) is 10.0 Å². The maximum atomic E-state index is 12.8. The van der Waals surface area contributed by atoms with Crippen molar-refractivity contribution in [1.82, 2.24) is 5.32 Å². The second-order valence-corrected chi connectivity index (χ2v) is 10.9. The van der Waals surface area contributed by atoms with Gasteiger partial charge in [0.2, 0.25) is 10.0 Å². The Hall–Kier alpha value is -1.56. The summed E-state index contributed by atoms with van der Waals surface area (Å²) < 4.78 is 26.5. The summed E-state index contributed by atoms with van der Waals surface area (Å²) in [6.45, 7) is 3.27. The van der Waals surface area contributed by atoms with E-state index in [0.29, 0.717) is 17.2 Å². The van der Waals surface area contributed by atoms with Crippen molar-refractivity contribution in [3.63, 3.8) is 0 Å². The Kier molecular flexibility index (Phi) is 7.02. The van der Waals surface area contributed by atoms with Crippen LogP contribution in [0.25, 0.3) is 0 Å². The second-order valence-electron chi connectivity index (χ2n) is 8.70. The number of amides is 1. The summed E-state index contributed by atoms with van der Waals surface area (Å²) in [5, 5.41) is 2.79. The van der Waals surface area contributed by atoms with Gasteiger partial charge in [-0.3, -0.25) is 9.52 Å². The predicted molar refractivity (Wildman–Crippen MR) is 114 cm³/mol. The molecule has 1 amide bonds. The van der Waals surface area contributed by atoms with Gasteiger partial charge in [0.1, 0.15) is 0 Å². The van der Waals surface area contributed by atoms with Crippen LogP contribution >= 0.6 is 0 Å². The molecule has 2 aliphatic carbocycles. The molecule has 28 heavy (non-hydrogen) atoms. The quantitative estimate of drug-likeness (QED) is 0.719. The van der Waals surface area contributed by atoms with E-state index >= 15 is 0 Å². The minimum atomic E-state index is -3.38. The minimum absolute atomic E-state index is 0.0500. The van der Waals surface area contributed by atoms with E-state index in [1.165, 1.54) is 51.4 Å². The molecule has 0 aromatic heterocycles. The van der Waals surface area contributed by atoms with E-state index in [1.54, 1.807) is 38.1 Å². The third-order valence-corrected chi connectivity index (χ3v) is 8.18. The molecule has 0 aliphatic heterocycles. The van der Waals surface area contributed by atoms with Gasteiger partial charge in [-0.05, 0) is 62.8 Å². The van der Waals surface area contributed by atoms with E-state index in [4.69, 9.17) is 0 Å². The fourth-order valence-electron chi connectivity index (χ4n) is 4.69. The molecule has 0 bridgehead atoms. The third kappa shape index (κ3) is 5.28. The molecule has 0 radical (unpaired) electrons. The number of rotatable bonds is 6. The van der Waals surface area contributed by atoms with Crippen LogP contribution in [0.15, 0.2) is 24.3 Å². The first-order chi connectivity index (χ1) is 13.4. The third-order valence-electron chi connectivity index (χ3n) is 6.42. The summed E-state index contributed by atoms with van der Waals surface area (Å²) in [6.07, 6.45) is 11.4. The average molecular weight is 407 g/mol. The first-order valence-corrected chi connectivity index (χ1v) is 12.3. The Morgan fingerprint density at radius 2 is 1.54 bits per heavy atom. The smallest absolute Gasteiger partial charge is 0.251 e. The lowest BCUT2D eigenvalue weighted by atomic mass is 9.71. The van der Waals surface area contributed by atoms with Crippen molar-refractivity contribution in [2.75, 3.05) is 4.72 Å². The Morgan fingerprint density at radius 3 is 2.18 bits per heavy atom. The lowest BCUT2D eigenvalue weighted by Crippen LogP contribution is -2.45. The number of anilines is 1. The Bertz CT molecular complexity index is 752.